The third-order valence-corrected chi connectivity index (χ3v) is 6.12. The monoisotopic (exact) mass is 464 g/mol. The van der Waals surface area contributed by atoms with E-state index < -0.39 is 29.5 Å². The average Bonchev–Trinajstić information content (AvgIpc) is 3.23. The van der Waals surface area contributed by atoms with Crippen LogP contribution in [-0.2, 0) is 16.0 Å². The summed E-state index contributed by atoms with van der Waals surface area (Å²) < 4.78 is 20.3. The Balaban J connectivity index is 1.72. The number of rotatable bonds is 5. The first kappa shape index (κ1) is 21.8. The van der Waals surface area contributed by atoms with Gasteiger partial charge in [-0.15, -0.1) is 0 Å². The molecule has 1 heterocycles. The Morgan fingerprint density at radius 2 is 2.10 bits per heavy atom. The second kappa shape index (κ2) is 8.43. The molecular formula is C22H26BrFN2O3. The number of nitriles is 1. The molecule has 4 atom stereocenters. The van der Waals surface area contributed by atoms with Gasteiger partial charge >= 0.3 is 6.09 Å². The number of Topliss-reactive ketones (excluding diaryl/α,β-unsaturated/α-hetero) is 1. The lowest BCUT2D eigenvalue weighted by Crippen LogP contribution is -2.51. The van der Waals surface area contributed by atoms with Crippen molar-refractivity contribution >= 4 is 27.8 Å². The SMILES string of the molecule is CC(C)(C)OC(=O)N1[C@@H]2CC[C@@H](C2)[C@H]1C(=O)C[C@H](C#N)Cc1ccc(Br)cc1F. The van der Waals surface area contributed by atoms with Crippen LogP contribution in [-0.4, -0.2) is 34.5 Å². The van der Waals surface area contributed by atoms with Crippen LogP contribution in [0.25, 0.3) is 0 Å². The molecule has 3 rings (SSSR count). The minimum atomic E-state index is -0.641. The molecule has 2 aliphatic rings. The summed E-state index contributed by atoms with van der Waals surface area (Å²) in [5.74, 6) is -1.06. The van der Waals surface area contributed by atoms with Crippen molar-refractivity contribution in [1.82, 2.24) is 4.90 Å². The van der Waals surface area contributed by atoms with Crippen molar-refractivity contribution in [3.63, 3.8) is 0 Å². The third-order valence-electron chi connectivity index (χ3n) is 5.63. The van der Waals surface area contributed by atoms with Crippen molar-refractivity contribution in [3.8, 4) is 6.07 Å². The van der Waals surface area contributed by atoms with E-state index in [1.807, 2.05) is 0 Å². The van der Waals surface area contributed by atoms with E-state index in [4.69, 9.17) is 4.74 Å². The zero-order chi connectivity index (χ0) is 21.3. The van der Waals surface area contributed by atoms with Gasteiger partial charge in [-0.1, -0.05) is 22.0 Å². The van der Waals surface area contributed by atoms with Crippen molar-refractivity contribution in [2.45, 2.75) is 70.6 Å². The number of ether oxygens (including phenoxy) is 1. The topological polar surface area (TPSA) is 70.4 Å². The van der Waals surface area contributed by atoms with E-state index in [9.17, 15) is 19.2 Å². The number of piperidine rings is 1. The summed E-state index contributed by atoms with van der Waals surface area (Å²) in [4.78, 5) is 27.4. The van der Waals surface area contributed by atoms with Crippen LogP contribution in [0, 0.1) is 29.0 Å². The fourth-order valence-corrected chi connectivity index (χ4v) is 4.79. The van der Waals surface area contributed by atoms with Gasteiger partial charge in [0, 0.05) is 16.9 Å². The molecule has 1 saturated heterocycles. The highest BCUT2D eigenvalue weighted by Gasteiger charge is 2.52. The summed E-state index contributed by atoms with van der Waals surface area (Å²) in [5, 5.41) is 9.55. The minimum Gasteiger partial charge on any atom is -0.444 e. The van der Waals surface area contributed by atoms with Crippen molar-refractivity contribution in [2.75, 3.05) is 0 Å². The molecule has 1 aliphatic carbocycles. The number of hydrogen-bond acceptors (Lipinski definition) is 4. The Bertz CT molecular complexity index is 845. The number of carbonyl (C=O) groups is 2. The van der Waals surface area contributed by atoms with Crippen LogP contribution in [0.1, 0.15) is 52.0 Å². The van der Waals surface area contributed by atoms with Gasteiger partial charge in [0.1, 0.15) is 11.4 Å². The molecular weight excluding hydrogens is 439 g/mol. The number of ketones is 1. The van der Waals surface area contributed by atoms with Crippen molar-refractivity contribution in [2.24, 2.45) is 11.8 Å². The maximum Gasteiger partial charge on any atom is 0.411 e. The molecule has 0 unspecified atom stereocenters. The zero-order valence-corrected chi connectivity index (χ0v) is 18.5. The first-order valence-corrected chi connectivity index (χ1v) is 10.8. The Kier molecular flexibility index (Phi) is 6.33. The quantitative estimate of drug-likeness (QED) is 0.613. The van der Waals surface area contributed by atoms with Gasteiger partial charge in [0.05, 0.1) is 18.0 Å². The van der Waals surface area contributed by atoms with Gasteiger partial charge in [0.15, 0.2) is 5.78 Å². The molecule has 2 fully saturated rings. The smallest absolute Gasteiger partial charge is 0.411 e. The second-order valence-electron chi connectivity index (χ2n) is 9.00. The number of amides is 1. The fourth-order valence-electron chi connectivity index (χ4n) is 4.46. The molecule has 0 radical (unpaired) electrons. The van der Waals surface area contributed by atoms with E-state index in [-0.39, 0.29) is 30.6 Å². The first-order chi connectivity index (χ1) is 13.6. The van der Waals surface area contributed by atoms with E-state index in [1.54, 1.807) is 37.8 Å². The molecule has 0 N–H and O–H groups in total. The largest absolute Gasteiger partial charge is 0.444 e. The standard InChI is InChI=1S/C22H26BrFN2O3/c1-22(2,3)29-21(28)26-17-7-5-15(10-17)20(26)19(27)9-13(12-25)8-14-4-6-16(23)11-18(14)24/h4,6,11,13,15,17,20H,5,7-10H2,1-3H3/t13-,15+,17-,20+/m1/s1. The Hall–Kier alpha value is -1.94. The number of benzene rings is 1. The molecule has 156 valence electrons. The number of carbonyl (C=O) groups excluding carboxylic acids is 2. The Labute approximate surface area is 179 Å². The molecule has 0 aromatic heterocycles. The number of likely N-dealkylation sites (tertiary alicyclic amines) is 1. The van der Waals surface area contributed by atoms with Crippen LogP contribution in [0.5, 0.6) is 0 Å². The normalized spacial score (nSPS) is 24.3. The average molecular weight is 465 g/mol. The van der Waals surface area contributed by atoms with Crippen LogP contribution >= 0.6 is 15.9 Å². The summed E-state index contributed by atoms with van der Waals surface area (Å²) >= 11 is 3.22. The summed E-state index contributed by atoms with van der Waals surface area (Å²) in [7, 11) is 0. The molecule has 1 aromatic carbocycles. The summed E-state index contributed by atoms with van der Waals surface area (Å²) in [6, 6.07) is 6.31. The van der Waals surface area contributed by atoms with E-state index in [0.29, 0.717) is 10.0 Å². The lowest BCUT2D eigenvalue weighted by molar-refractivity contribution is -0.126. The highest BCUT2D eigenvalue weighted by Crippen LogP contribution is 2.44. The number of hydrogen-bond donors (Lipinski definition) is 0. The fraction of sp³-hybridized carbons (Fsp3) is 0.591. The second-order valence-corrected chi connectivity index (χ2v) is 9.91. The first-order valence-electron chi connectivity index (χ1n) is 9.96. The Morgan fingerprint density at radius 3 is 2.72 bits per heavy atom. The molecule has 1 saturated carbocycles. The van der Waals surface area contributed by atoms with Gasteiger partial charge in [-0.25, -0.2) is 9.18 Å². The van der Waals surface area contributed by atoms with Crippen LogP contribution in [0.3, 0.4) is 0 Å². The van der Waals surface area contributed by atoms with Crippen LogP contribution in [0.15, 0.2) is 22.7 Å². The van der Waals surface area contributed by atoms with Crippen LogP contribution in [0.2, 0.25) is 0 Å². The zero-order valence-electron chi connectivity index (χ0n) is 17.0. The lowest BCUT2D eigenvalue weighted by Gasteiger charge is -2.35. The minimum absolute atomic E-state index is 0.000805. The maximum atomic E-state index is 14.1. The van der Waals surface area contributed by atoms with E-state index in [0.717, 1.165) is 19.3 Å². The molecule has 5 nitrogen and oxygen atoms in total. The molecule has 1 amide bonds. The van der Waals surface area contributed by atoms with Crippen LogP contribution < -0.4 is 0 Å². The lowest BCUT2D eigenvalue weighted by atomic mass is 9.88. The highest BCUT2D eigenvalue weighted by molar-refractivity contribution is 9.10. The molecule has 1 aromatic rings. The molecule has 29 heavy (non-hydrogen) atoms. The van der Waals surface area contributed by atoms with Gasteiger partial charge in [-0.2, -0.15) is 5.26 Å². The van der Waals surface area contributed by atoms with Crippen molar-refractivity contribution in [3.05, 3.63) is 34.1 Å². The van der Waals surface area contributed by atoms with Gasteiger partial charge in [-0.3, -0.25) is 9.69 Å². The Morgan fingerprint density at radius 1 is 1.38 bits per heavy atom. The summed E-state index contributed by atoms with van der Waals surface area (Å²) in [6.45, 7) is 5.40. The van der Waals surface area contributed by atoms with E-state index >= 15 is 0 Å². The molecule has 0 spiro atoms. The summed E-state index contributed by atoms with van der Waals surface area (Å²) in [5.41, 5.74) is -0.231. The van der Waals surface area contributed by atoms with Crippen molar-refractivity contribution in [1.29, 1.82) is 5.26 Å². The maximum absolute atomic E-state index is 14.1. The highest BCUT2D eigenvalue weighted by atomic mass is 79.9. The van der Waals surface area contributed by atoms with E-state index in [1.165, 1.54) is 6.07 Å². The third kappa shape index (κ3) is 4.98. The summed E-state index contributed by atoms with van der Waals surface area (Å²) in [6.07, 6.45) is 2.27. The van der Waals surface area contributed by atoms with Gasteiger partial charge < -0.3 is 4.74 Å². The van der Waals surface area contributed by atoms with Gasteiger partial charge in [0.25, 0.3) is 0 Å². The molecule has 7 heteroatoms. The van der Waals surface area contributed by atoms with E-state index in [2.05, 4.69) is 22.0 Å². The number of nitrogens with zero attached hydrogens (tertiary/aromatic N) is 2. The van der Waals surface area contributed by atoms with Crippen LogP contribution in [0.4, 0.5) is 9.18 Å². The van der Waals surface area contributed by atoms with Gasteiger partial charge in [-0.05, 0) is 70.1 Å². The number of halogens is 2. The molecule has 1 aliphatic heterocycles. The molecule has 2 bridgehead atoms. The predicted octanol–water partition coefficient (Wildman–Crippen LogP) is 5.02. The number of fused-ring (bicyclic) bond motifs is 2. The van der Waals surface area contributed by atoms with Crippen molar-refractivity contribution < 1.29 is 18.7 Å². The van der Waals surface area contributed by atoms with Gasteiger partial charge in [0.2, 0.25) is 0 Å². The predicted molar refractivity (Wildman–Crippen MR) is 110 cm³/mol.